The Morgan fingerprint density at radius 1 is 1.17 bits per heavy atom. The third-order valence-corrected chi connectivity index (χ3v) is 6.55. The molecule has 10 heteroatoms. The molecular weight excluding hydrogens is 420 g/mol. The van der Waals surface area contributed by atoms with Crippen molar-refractivity contribution >= 4 is 50.8 Å². The van der Waals surface area contributed by atoms with Crippen LogP contribution in [0.2, 0.25) is 5.02 Å². The maximum absolute atomic E-state index is 12.6. The van der Waals surface area contributed by atoms with E-state index < -0.39 is 33.7 Å². The number of rotatable bonds is 4. The molecule has 3 rings (SSSR count). The van der Waals surface area contributed by atoms with E-state index in [0.29, 0.717) is 15.6 Å². The van der Waals surface area contributed by atoms with Gasteiger partial charge in [0, 0.05) is 5.69 Å². The summed E-state index contributed by atoms with van der Waals surface area (Å²) in [5, 5.41) is 2.71. The Balaban J connectivity index is 1.87. The highest BCUT2D eigenvalue weighted by Crippen LogP contribution is 2.31. The number of anilines is 2. The predicted molar refractivity (Wildman–Crippen MR) is 108 cm³/mol. The highest BCUT2D eigenvalue weighted by molar-refractivity contribution is 7.94. The normalized spacial score (nSPS) is 17.8. The number of carbonyl (C=O) groups excluding carboxylic acids is 3. The molecular formula is C19H17ClN2O6S. The minimum absolute atomic E-state index is 0.00349. The van der Waals surface area contributed by atoms with Gasteiger partial charge < -0.3 is 10.1 Å². The third kappa shape index (κ3) is 4.10. The van der Waals surface area contributed by atoms with E-state index in [4.69, 9.17) is 11.6 Å². The van der Waals surface area contributed by atoms with E-state index in [1.165, 1.54) is 56.5 Å². The van der Waals surface area contributed by atoms with Crippen molar-refractivity contribution in [3.8, 4) is 0 Å². The van der Waals surface area contributed by atoms with Crippen molar-refractivity contribution in [2.45, 2.75) is 6.92 Å². The second-order valence-electron chi connectivity index (χ2n) is 6.47. The molecule has 0 radical (unpaired) electrons. The number of methoxy groups -OCH3 is 1. The van der Waals surface area contributed by atoms with Crippen LogP contribution >= 0.6 is 11.6 Å². The number of sulfonamides is 1. The highest BCUT2D eigenvalue weighted by Gasteiger charge is 2.42. The summed E-state index contributed by atoms with van der Waals surface area (Å²) < 4.78 is 29.9. The lowest BCUT2D eigenvalue weighted by atomic mass is 10.1. The average Bonchev–Trinajstić information content (AvgIpc) is 2.89. The molecule has 1 N–H and O–H groups in total. The fourth-order valence-electron chi connectivity index (χ4n) is 2.91. The van der Waals surface area contributed by atoms with Gasteiger partial charge >= 0.3 is 5.97 Å². The van der Waals surface area contributed by atoms with E-state index in [2.05, 4.69) is 10.1 Å². The first kappa shape index (κ1) is 20.8. The van der Waals surface area contributed by atoms with Gasteiger partial charge in [-0.25, -0.2) is 17.5 Å². The zero-order valence-electron chi connectivity index (χ0n) is 15.5. The molecule has 1 fully saturated rings. The van der Waals surface area contributed by atoms with Gasteiger partial charge in [-0.2, -0.15) is 0 Å². The van der Waals surface area contributed by atoms with Crippen LogP contribution in [0.5, 0.6) is 0 Å². The van der Waals surface area contributed by atoms with Crippen LogP contribution in [0.3, 0.4) is 0 Å². The van der Waals surface area contributed by atoms with Gasteiger partial charge in [0.15, 0.2) is 0 Å². The summed E-state index contributed by atoms with van der Waals surface area (Å²) in [6, 6.07) is 9.98. The fourth-order valence-corrected chi connectivity index (χ4v) is 4.92. The standard InChI is InChI=1S/C19H17ClN2O6S/c1-11-10-29(26,27)22(18(11)24)14-7-8-16(20)15(9-14)17(23)21-13-5-3-12(4-6-13)19(25)28-2/h3-9,11H,10H2,1-2H3,(H,21,23). The first-order valence-electron chi connectivity index (χ1n) is 8.50. The van der Waals surface area contributed by atoms with E-state index in [1.807, 2.05) is 0 Å². The minimum Gasteiger partial charge on any atom is -0.465 e. The molecule has 0 saturated carbocycles. The van der Waals surface area contributed by atoms with Gasteiger partial charge in [0.2, 0.25) is 15.9 Å². The van der Waals surface area contributed by atoms with Crippen LogP contribution in [0.25, 0.3) is 0 Å². The Labute approximate surface area is 172 Å². The van der Waals surface area contributed by atoms with Crippen LogP contribution in [0.4, 0.5) is 11.4 Å². The van der Waals surface area contributed by atoms with Crippen molar-refractivity contribution in [2.24, 2.45) is 5.92 Å². The lowest BCUT2D eigenvalue weighted by Gasteiger charge is -2.17. The molecule has 8 nitrogen and oxygen atoms in total. The first-order valence-corrected chi connectivity index (χ1v) is 10.5. The highest BCUT2D eigenvalue weighted by atomic mass is 35.5. The number of hydrogen-bond acceptors (Lipinski definition) is 6. The number of nitrogens with zero attached hydrogens (tertiary/aromatic N) is 1. The van der Waals surface area contributed by atoms with Crippen molar-refractivity contribution in [3.63, 3.8) is 0 Å². The number of hydrogen-bond donors (Lipinski definition) is 1. The number of esters is 1. The maximum atomic E-state index is 12.6. The van der Waals surface area contributed by atoms with Gasteiger partial charge in [-0.1, -0.05) is 18.5 Å². The van der Waals surface area contributed by atoms with Crippen molar-refractivity contribution in [1.29, 1.82) is 0 Å². The van der Waals surface area contributed by atoms with Gasteiger partial charge in [-0.3, -0.25) is 9.59 Å². The van der Waals surface area contributed by atoms with E-state index in [0.717, 1.165) is 0 Å². The minimum atomic E-state index is -3.80. The Morgan fingerprint density at radius 2 is 1.83 bits per heavy atom. The van der Waals surface area contributed by atoms with E-state index in [1.54, 1.807) is 0 Å². The molecule has 1 unspecified atom stereocenters. The molecule has 0 bridgehead atoms. The summed E-state index contributed by atoms with van der Waals surface area (Å²) in [7, 11) is -2.54. The van der Waals surface area contributed by atoms with Crippen LogP contribution in [-0.2, 0) is 19.6 Å². The molecule has 0 aliphatic carbocycles. The molecule has 1 heterocycles. The molecule has 0 aromatic heterocycles. The molecule has 152 valence electrons. The monoisotopic (exact) mass is 436 g/mol. The van der Waals surface area contributed by atoms with Crippen LogP contribution in [0, 0.1) is 5.92 Å². The first-order chi connectivity index (χ1) is 13.6. The molecule has 2 aromatic rings. The van der Waals surface area contributed by atoms with Gasteiger partial charge in [0.25, 0.3) is 5.91 Å². The molecule has 29 heavy (non-hydrogen) atoms. The van der Waals surface area contributed by atoms with Gasteiger partial charge in [-0.05, 0) is 42.5 Å². The molecule has 0 spiro atoms. The van der Waals surface area contributed by atoms with E-state index >= 15 is 0 Å². The van der Waals surface area contributed by atoms with E-state index in [-0.39, 0.29) is 22.0 Å². The molecule has 1 atom stereocenters. The molecule has 2 amide bonds. The second kappa shape index (κ2) is 7.84. The summed E-state index contributed by atoms with van der Waals surface area (Å²) >= 11 is 6.11. The number of benzene rings is 2. The van der Waals surface area contributed by atoms with Crippen molar-refractivity contribution in [3.05, 3.63) is 58.6 Å². The van der Waals surface area contributed by atoms with Crippen LogP contribution in [0.1, 0.15) is 27.6 Å². The summed E-state index contributed by atoms with van der Waals surface area (Å²) in [4.78, 5) is 36.4. The van der Waals surface area contributed by atoms with Crippen LogP contribution in [-0.4, -0.2) is 39.1 Å². The zero-order chi connectivity index (χ0) is 21.3. The number of halogens is 1. The third-order valence-electron chi connectivity index (χ3n) is 4.35. The summed E-state index contributed by atoms with van der Waals surface area (Å²) in [6.07, 6.45) is 0. The van der Waals surface area contributed by atoms with Crippen LogP contribution in [0.15, 0.2) is 42.5 Å². The summed E-state index contributed by atoms with van der Waals surface area (Å²) in [6.45, 7) is 1.53. The quantitative estimate of drug-likeness (QED) is 0.738. The molecule has 1 aliphatic rings. The topological polar surface area (TPSA) is 110 Å². The van der Waals surface area contributed by atoms with Crippen molar-refractivity contribution < 1.29 is 27.5 Å². The average molecular weight is 437 g/mol. The largest absolute Gasteiger partial charge is 0.465 e. The van der Waals surface area contributed by atoms with Crippen molar-refractivity contribution in [1.82, 2.24) is 0 Å². The van der Waals surface area contributed by atoms with E-state index in [9.17, 15) is 22.8 Å². The molecule has 1 aliphatic heterocycles. The zero-order valence-corrected chi connectivity index (χ0v) is 17.1. The second-order valence-corrected chi connectivity index (χ2v) is 8.74. The number of nitrogens with one attached hydrogen (secondary N) is 1. The smallest absolute Gasteiger partial charge is 0.337 e. The Bertz CT molecular complexity index is 1100. The SMILES string of the molecule is COC(=O)c1ccc(NC(=O)c2cc(N3C(=O)C(C)CS3(=O)=O)ccc2Cl)cc1. The lowest BCUT2D eigenvalue weighted by molar-refractivity contribution is -0.119. The number of amides is 2. The number of carbonyl (C=O) groups is 3. The summed E-state index contributed by atoms with van der Waals surface area (Å²) in [5.41, 5.74) is 0.763. The Kier molecular flexibility index (Phi) is 5.63. The molecule has 1 saturated heterocycles. The predicted octanol–water partition coefficient (Wildman–Crippen LogP) is 2.69. The lowest BCUT2D eigenvalue weighted by Crippen LogP contribution is -2.30. The maximum Gasteiger partial charge on any atom is 0.337 e. The van der Waals surface area contributed by atoms with Gasteiger partial charge in [0.05, 0.1) is 40.6 Å². The fraction of sp³-hybridized carbons (Fsp3) is 0.211. The summed E-state index contributed by atoms with van der Waals surface area (Å²) in [5.74, 6) is -2.62. The Morgan fingerprint density at radius 3 is 2.38 bits per heavy atom. The Hall–Kier alpha value is -2.91. The van der Waals surface area contributed by atoms with Crippen LogP contribution < -0.4 is 9.62 Å². The van der Waals surface area contributed by atoms with Gasteiger partial charge in [-0.15, -0.1) is 0 Å². The number of ether oxygens (including phenoxy) is 1. The van der Waals surface area contributed by atoms with Crippen molar-refractivity contribution in [2.75, 3.05) is 22.5 Å². The van der Waals surface area contributed by atoms with Gasteiger partial charge in [0.1, 0.15) is 0 Å². The molecule has 2 aromatic carbocycles.